The molecule has 1 aliphatic carbocycles. The van der Waals surface area contributed by atoms with E-state index < -0.39 is 0 Å². The zero-order chi connectivity index (χ0) is 11.3. The summed E-state index contributed by atoms with van der Waals surface area (Å²) in [7, 11) is 0. The molecule has 0 radical (unpaired) electrons. The molecular weight excluding hydrogens is 200 g/mol. The number of ether oxygens (including phenoxy) is 1. The summed E-state index contributed by atoms with van der Waals surface area (Å²) in [6.07, 6.45) is 5.43. The molecule has 1 saturated carbocycles. The van der Waals surface area contributed by atoms with Crippen LogP contribution in [0.5, 0.6) is 0 Å². The van der Waals surface area contributed by atoms with Gasteiger partial charge in [0.1, 0.15) is 0 Å². The number of nitrogens with one attached hydrogen (secondary N) is 2. The van der Waals surface area contributed by atoms with Crippen LogP contribution in [-0.2, 0) is 4.74 Å². The van der Waals surface area contributed by atoms with Gasteiger partial charge in [0.05, 0.1) is 6.61 Å². The Morgan fingerprint density at radius 1 is 1.44 bits per heavy atom. The van der Waals surface area contributed by atoms with Crippen LogP contribution < -0.4 is 10.6 Å². The zero-order valence-electron chi connectivity index (χ0n) is 10.6. The maximum atomic E-state index is 5.60. The molecule has 0 bridgehead atoms. The maximum absolute atomic E-state index is 5.60. The standard InChI is InChI=1S/C13H26N2O/c1-13(5-2-6-14-10-13)11-15-7-8-16-9-12-3-4-12/h12,14-15H,2-11H2,1H3. The molecule has 94 valence electrons. The third kappa shape index (κ3) is 4.40. The van der Waals surface area contributed by atoms with Crippen LogP contribution in [-0.4, -0.2) is 39.4 Å². The van der Waals surface area contributed by atoms with Crippen LogP contribution in [0, 0.1) is 11.3 Å². The molecule has 1 atom stereocenters. The molecule has 1 unspecified atom stereocenters. The van der Waals surface area contributed by atoms with Crippen LogP contribution in [0.3, 0.4) is 0 Å². The van der Waals surface area contributed by atoms with Crippen molar-refractivity contribution in [1.29, 1.82) is 0 Å². The fourth-order valence-corrected chi connectivity index (χ4v) is 2.34. The van der Waals surface area contributed by atoms with Gasteiger partial charge in [-0.05, 0) is 43.6 Å². The van der Waals surface area contributed by atoms with E-state index >= 15 is 0 Å². The van der Waals surface area contributed by atoms with Crippen LogP contribution in [0.2, 0.25) is 0 Å². The van der Waals surface area contributed by atoms with Gasteiger partial charge < -0.3 is 15.4 Å². The normalized spacial score (nSPS) is 30.6. The highest BCUT2D eigenvalue weighted by Gasteiger charge is 2.25. The molecule has 0 aromatic heterocycles. The first-order valence-corrected chi connectivity index (χ1v) is 6.78. The van der Waals surface area contributed by atoms with Gasteiger partial charge in [-0.15, -0.1) is 0 Å². The van der Waals surface area contributed by atoms with E-state index in [-0.39, 0.29) is 0 Å². The molecule has 3 heteroatoms. The lowest BCUT2D eigenvalue weighted by Crippen LogP contribution is -2.44. The average Bonchev–Trinajstić information content (AvgIpc) is 3.08. The Morgan fingerprint density at radius 2 is 2.31 bits per heavy atom. The predicted octanol–water partition coefficient (Wildman–Crippen LogP) is 1.39. The summed E-state index contributed by atoms with van der Waals surface area (Å²) in [5.74, 6) is 0.889. The fourth-order valence-electron chi connectivity index (χ4n) is 2.34. The van der Waals surface area contributed by atoms with Crippen molar-refractivity contribution in [2.24, 2.45) is 11.3 Å². The molecule has 3 nitrogen and oxygen atoms in total. The van der Waals surface area contributed by atoms with Crippen molar-refractivity contribution >= 4 is 0 Å². The summed E-state index contributed by atoms with van der Waals surface area (Å²) in [5.41, 5.74) is 0.453. The Kier molecular flexibility index (Phi) is 4.62. The highest BCUT2D eigenvalue weighted by atomic mass is 16.5. The van der Waals surface area contributed by atoms with Gasteiger partial charge >= 0.3 is 0 Å². The van der Waals surface area contributed by atoms with E-state index in [1.54, 1.807) is 0 Å². The van der Waals surface area contributed by atoms with E-state index in [1.165, 1.54) is 32.2 Å². The van der Waals surface area contributed by atoms with Gasteiger partial charge in [-0.25, -0.2) is 0 Å². The molecule has 0 spiro atoms. The lowest BCUT2D eigenvalue weighted by atomic mass is 9.83. The summed E-state index contributed by atoms with van der Waals surface area (Å²) >= 11 is 0. The molecule has 16 heavy (non-hydrogen) atoms. The summed E-state index contributed by atoms with van der Waals surface area (Å²) in [6.45, 7) is 8.70. The predicted molar refractivity (Wildman–Crippen MR) is 66.6 cm³/mol. The molecule has 2 aliphatic rings. The number of hydrogen-bond acceptors (Lipinski definition) is 3. The van der Waals surface area contributed by atoms with Crippen molar-refractivity contribution in [1.82, 2.24) is 10.6 Å². The van der Waals surface area contributed by atoms with Gasteiger partial charge in [0.15, 0.2) is 0 Å². The van der Waals surface area contributed by atoms with Crippen molar-refractivity contribution in [2.45, 2.75) is 32.6 Å². The van der Waals surface area contributed by atoms with Gasteiger partial charge in [0.2, 0.25) is 0 Å². The molecule has 0 aromatic rings. The number of rotatable bonds is 7. The Labute approximate surface area is 99.3 Å². The minimum atomic E-state index is 0.453. The van der Waals surface area contributed by atoms with Gasteiger partial charge in [-0.1, -0.05) is 6.92 Å². The molecule has 1 aliphatic heterocycles. The van der Waals surface area contributed by atoms with Gasteiger partial charge in [-0.2, -0.15) is 0 Å². The molecule has 0 amide bonds. The first-order chi connectivity index (χ1) is 7.79. The molecular formula is C13H26N2O. The Bertz CT molecular complexity index is 198. The van der Waals surface area contributed by atoms with E-state index in [0.29, 0.717) is 5.41 Å². The summed E-state index contributed by atoms with van der Waals surface area (Å²) < 4.78 is 5.60. The van der Waals surface area contributed by atoms with Crippen LogP contribution >= 0.6 is 0 Å². The first kappa shape index (κ1) is 12.3. The highest BCUT2D eigenvalue weighted by molar-refractivity contribution is 4.83. The Hall–Kier alpha value is -0.120. The van der Waals surface area contributed by atoms with Crippen molar-refractivity contribution in [2.75, 3.05) is 39.4 Å². The van der Waals surface area contributed by atoms with E-state index in [1.807, 2.05) is 0 Å². The zero-order valence-corrected chi connectivity index (χ0v) is 10.6. The van der Waals surface area contributed by atoms with Gasteiger partial charge in [0.25, 0.3) is 0 Å². The average molecular weight is 226 g/mol. The smallest absolute Gasteiger partial charge is 0.0591 e. The van der Waals surface area contributed by atoms with E-state index in [9.17, 15) is 0 Å². The summed E-state index contributed by atoms with van der Waals surface area (Å²) in [4.78, 5) is 0. The van der Waals surface area contributed by atoms with Crippen molar-refractivity contribution < 1.29 is 4.74 Å². The number of piperidine rings is 1. The van der Waals surface area contributed by atoms with Crippen LogP contribution in [0.15, 0.2) is 0 Å². The van der Waals surface area contributed by atoms with Crippen molar-refractivity contribution in [3.05, 3.63) is 0 Å². The van der Waals surface area contributed by atoms with Crippen LogP contribution in [0.1, 0.15) is 32.6 Å². The quantitative estimate of drug-likeness (QED) is 0.644. The van der Waals surface area contributed by atoms with E-state index in [2.05, 4.69) is 17.6 Å². The number of hydrogen-bond donors (Lipinski definition) is 2. The SMILES string of the molecule is CC1(CNCCOCC2CC2)CCCNC1. The molecule has 1 saturated heterocycles. The lowest BCUT2D eigenvalue weighted by molar-refractivity contribution is 0.122. The second-order valence-corrected chi connectivity index (χ2v) is 5.79. The van der Waals surface area contributed by atoms with Crippen LogP contribution in [0.25, 0.3) is 0 Å². The maximum Gasteiger partial charge on any atom is 0.0591 e. The summed E-state index contributed by atoms with van der Waals surface area (Å²) in [6, 6.07) is 0. The molecule has 2 fully saturated rings. The third-order valence-electron chi connectivity index (χ3n) is 3.71. The second-order valence-electron chi connectivity index (χ2n) is 5.79. The summed E-state index contributed by atoms with van der Waals surface area (Å²) in [5, 5.41) is 7.00. The largest absolute Gasteiger partial charge is 0.380 e. The lowest BCUT2D eigenvalue weighted by Gasteiger charge is -2.34. The van der Waals surface area contributed by atoms with Gasteiger partial charge in [-0.3, -0.25) is 0 Å². The topological polar surface area (TPSA) is 33.3 Å². The van der Waals surface area contributed by atoms with Crippen molar-refractivity contribution in [3.63, 3.8) is 0 Å². The van der Waals surface area contributed by atoms with Crippen molar-refractivity contribution in [3.8, 4) is 0 Å². The first-order valence-electron chi connectivity index (χ1n) is 6.78. The van der Waals surface area contributed by atoms with E-state index in [4.69, 9.17) is 4.74 Å². The highest BCUT2D eigenvalue weighted by Crippen LogP contribution is 2.28. The Morgan fingerprint density at radius 3 is 3.00 bits per heavy atom. The van der Waals surface area contributed by atoms with Crippen LogP contribution in [0.4, 0.5) is 0 Å². The minimum absolute atomic E-state index is 0.453. The monoisotopic (exact) mass is 226 g/mol. The second kappa shape index (κ2) is 5.99. The molecule has 1 heterocycles. The van der Waals surface area contributed by atoms with Gasteiger partial charge in [0, 0.05) is 26.2 Å². The Balaban J connectivity index is 1.46. The third-order valence-corrected chi connectivity index (χ3v) is 3.71. The minimum Gasteiger partial charge on any atom is -0.380 e. The molecule has 2 N–H and O–H groups in total. The molecule has 0 aromatic carbocycles. The molecule has 2 rings (SSSR count). The fraction of sp³-hybridized carbons (Fsp3) is 1.00. The van der Waals surface area contributed by atoms with E-state index in [0.717, 1.165) is 38.8 Å².